The van der Waals surface area contributed by atoms with Crippen LogP contribution in [0.3, 0.4) is 0 Å². The van der Waals surface area contributed by atoms with Gasteiger partial charge in [0.05, 0.1) is 12.1 Å². The van der Waals surface area contributed by atoms with Crippen LogP contribution in [0, 0.1) is 0 Å². The summed E-state index contributed by atoms with van der Waals surface area (Å²) in [4.78, 5) is 15.0. The molecule has 0 saturated carbocycles. The smallest absolute Gasteiger partial charge is 0.303 e. The van der Waals surface area contributed by atoms with Gasteiger partial charge < -0.3 is 5.11 Å². The predicted octanol–water partition coefficient (Wildman–Crippen LogP) is 2.41. The number of hydrogen-bond donors (Lipinski definition) is 1. The number of carbonyl (C=O) groups is 1. The van der Waals surface area contributed by atoms with E-state index in [4.69, 9.17) is 5.11 Å². The first-order valence-electron chi connectivity index (χ1n) is 4.94. The summed E-state index contributed by atoms with van der Waals surface area (Å²) < 4.78 is 0. The van der Waals surface area contributed by atoms with Gasteiger partial charge in [0.1, 0.15) is 0 Å². The molecule has 4 heteroatoms. The van der Waals surface area contributed by atoms with Gasteiger partial charge >= 0.3 is 5.97 Å². The van der Waals surface area contributed by atoms with Gasteiger partial charge in [0.2, 0.25) is 0 Å². The molecule has 0 radical (unpaired) electrons. The van der Waals surface area contributed by atoms with E-state index in [0.29, 0.717) is 0 Å². The van der Waals surface area contributed by atoms with Gasteiger partial charge in [0, 0.05) is 17.7 Å². The quantitative estimate of drug-likeness (QED) is 0.855. The number of nitrogens with zero attached hydrogens (tertiary/aromatic N) is 1. The molecule has 15 heavy (non-hydrogen) atoms. The number of aliphatic carboxylic acids is 1. The molecular weight excluding hydrogens is 210 g/mol. The summed E-state index contributed by atoms with van der Waals surface area (Å²) in [6.45, 7) is 1.93. The van der Waals surface area contributed by atoms with E-state index in [0.717, 1.165) is 22.8 Å². The van der Waals surface area contributed by atoms with Gasteiger partial charge in [-0.05, 0) is 17.0 Å². The normalized spacial score (nSPS) is 16.1. The van der Waals surface area contributed by atoms with Gasteiger partial charge in [-0.3, -0.25) is 9.78 Å². The summed E-state index contributed by atoms with van der Waals surface area (Å²) in [5.41, 5.74) is 3.47. The maximum Gasteiger partial charge on any atom is 0.303 e. The lowest BCUT2D eigenvalue weighted by atomic mass is 9.98. The van der Waals surface area contributed by atoms with Crippen LogP contribution in [-0.4, -0.2) is 16.1 Å². The molecule has 1 aliphatic rings. The fourth-order valence-corrected chi connectivity index (χ4v) is 2.74. The fourth-order valence-electron chi connectivity index (χ4n) is 1.72. The van der Waals surface area contributed by atoms with E-state index in [1.165, 1.54) is 5.56 Å². The van der Waals surface area contributed by atoms with Crippen molar-refractivity contribution in [3.63, 3.8) is 0 Å². The van der Waals surface area contributed by atoms with Crippen LogP contribution in [0.1, 0.15) is 36.1 Å². The number of carboxylic acid groups (broad SMARTS) is 1. The van der Waals surface area contributed by atoms with Gasteiger partial charge in [-0.15, -0.1) is 0 Å². The molecule has 0 bridgehead atoms. The Balaban J connectivity index is 2.19. The van der Waals surface area contributed by atoms with Crippen molar-refractivity contribution >= 4 is 17.7 Å². The molecule has 1 aromatic heterocycles. The Morgan fingerprint density at radius 3 is 3.20 bits per heavy atom. The Kier molecular flexibility index (Phi) is 2.95. The molecular formula is C11H13NO2S. The zero-order valence-corrected chi connectivity index (χ0v) is 9.38. The molecule has 80 valence electrons. The number of thioether (sulfide) groups is 1. The van der Waals surface area contributed by atoms with Crippen LogP contribution in [0.15, 0.2) is 12.3 Å². The third-order valence-corrected chi connectivity index (χ3v) is 3.62. The molecule has 1 aliphatic heterocycles. The Bertz CT molecular complexity index is 392. The van der Waals surface area contributed by atoms with Crippen LogP contribution >= 0.6 is 11.8 Å². The van der Waals surface area contributed by atoms with Crippen molar-refractivity contribution < 1.29 is 9.90 Å². The Morgan fingerprint density at radius 1 is 1.67 bits per heavy atom. The van der Waals surface area contributed by atoms with Crippen LogP contribution in [0.25, 0.3) is 0 Å². The summed E-state index contributed by atoms with van der Waals surface area (Å²) in [5, 5.41) is 8.71. The van der Waals surface area contributed by atoms with E-state index in [1.807, 2.05) is 24.9 Å². The molecule has 0 fully saturated rings. The molecule has 1 atom stereocenters. The lowest BCUT2D eigenvalue weighted by Crippen LogP contribution is -2.04. The molecule has 0 saturated heterocycles. The number of carboxylic acids is 1. The van der Waals surface area contributed by atoms with Crippen LogP contribution < -0.4 is 0 Å². The minimum atomic E-state index is -0.752. The van der Waals surface area contributed by atoms with Crippen LogP contribution in [0.4, 0.5) is 0 Å². The number of rotatable bonds is 3. The third-order valence-electron chi connectivity index (χ3n) is 2.63. The zero-order chi connectivity index (χ0) is 10.8. The minimum Gasteiger partial charge on any atom is -0.481 e. The second-order valence-corrected chi connectivity index (χ2v) is 4.85. The lowest BCUT2D eigenvalue weighted by Gasteiger charge is -2.09. The van der Waals surface area contributed by atoms with Crippen molar-refractivity contribution in [3.8, 4) is 0 Å². The van der Waals surface area contributed by atoms with E-state index in [1.54, 1.807) is 0 Å². The topological polar surface area (TPSA) is 50.2 Å². The minimum absolute atomic E-state index is 0.0471. The highest BCUT2D eigenvalue weighted by molar-refractivity contribution is 7.98. The standard InChI is InChI=1S/C11H13NO2S/c1-7(2-11(13)14)8-3-9-5-15-6-10(9)12-4-8/h3-4,7H,2,5-6H2,1H3,(H,13,14). The monoisotopic (exact) mass is 223 g/mol. The Hall–Kier alpha value is -1.03. The Labute approximate surface area is 92.9 Å². The molecule has 0 aromatic carbocycles. The summed E-state index contributed by atoms with van der Waals surface area (Å²) in [6, 6.07) is 2.11. The highest BCUT2D eigenvalue weighted by Gasteiger charge is 2.16. The van der Waals surface area contributed by atoms with Crippen molar-refractivity contribution in [2.75, 3.05) is 0 Å². The molecule has 0 aliphatic carbocycles. The van der Waals surface area contributed by atoms with Crippen LogP contribution in [0.5, 0.6) is 0 Å². The molecule has 0 spiro atoms. The number of pyridine rings is 1. The van der Waals surface area contributed by atoms with E-state index in [2.05, 4.69) is 11.1 Å². The van der Waals surface area contributed by atoms with E-state index >= 15 is 0 Å². The van der Waals surface area contributed by atoms with Crippen LogP contribution in [0.2, 0.25) is 0 Å². The van der Waals surface area contributed by atoms with Crippen molar-refractivity contribution in [3.05, 3.63) is 29.1 Å². The van der Waals surface area contributed by atoms with E-state index in [9.17, 15) is 4.79 Å². The van der Waals surface area contributed by atoms with Crippen molar-refractivity contribution in [1.29, 1.82) is 0 Å². The Morgan fingerprint density at radius 2 is 2.47 bits per heavy atom. The van der Waals surface area contributed by atoms with Crippen molar-refractivity contribution in [2.45, 2.75) is 30.8 Å². The highest BCUT2D eigenvalue weighted by atomic mass is 32.2. The van der Waals surface area contributed by atoms with Crippen molar-refractivity contribution in [1.82, 2.24) is 4.98 Å². The van der Waals surface area contributed by atoms with Gasteiger partial charge in [0.15, 0.2) is 0 Å². The highest BCUT2D eigenvalue weighted by Crippen LogP contribution is 2.30. The molecule has 1 aromatic rings. The second kappa shape index (κ2) is 4.23. The van der Waals surface area contributed by atoms with E-state index < -0.39 is 5.97 Å². The molecule has 0 amide bonds. The summed E-state index contributed by atoms with van der Waals surface area (Å²) in [5.74, 6) is 1.29. The van der Waals surface area contributed by atoms with Gasteiger partial charge in [-0.25, -0.2) is 0 Å². The molecule has 1 N–H and O–H groups in total. The first kappa shape index (κ1) is 10.5. The lowest BCUT2D eigenvalue weighted by molar-refractivity contribution is -0.137. The molecule has 2 rings (SSSR count). The average molecular weight is 223 g/mol. The summed E-state index contributed by atoms with van der Waals surface area (Å²) in [7, 11) is 0. The summed E-state index contributed by atoms with van der Waals surface area (Å²) >= 11 is 1.86. The third kappa shape index (κ3) is 2.31. The van der Waals surface area contributed by atoms with Gasteiger partial charge in [0.25, 0.3) is 0 Å². The van der Waals surface area contributed by atoms with E-state index in [-0.39, 0.29) is 12.3 Å². The van der Waals surface area contributed by atoms with Gasteiger partial charge in [-0.1, -0.05) is 13.0 Å². The number of aromatic nitrogens is 1. The predicted molar refractivity (Wildman–Crippen MR) is 59.9 cm³/mol. The average Bonchev–Trinajstić information content (AvgIpc) is 2.62. The van der Waals surface area contributed by atoms with Crippen molar-refractivity contribution in [2.24, 2.45) is 0 Å². The maximum absolute atomic E-state index is 10.6. The summed E-state index contributed by atoms with van der Waals surface area (Å²) in [6.07, 6.45) is 1.99. The number of hydrogen-bond acceptors (Lipinski definition) is 3. The van der Waals surface area contributed by atoms with Gasteiger partial charge in [-0.2, -0.15) is 11.8 Å². The largest absolute Gasteiger partial charge is 0.481 e. The molecule has 1 unspecified atom stereocenters. The zero-order valence-electron chi connectivity index (χ0n) is 8.56. The fraction of sp³-hybridized carbons (Fsp3) is 0.455. The molecule has 2 heterocycles. The second-order valence-electron chi connectivity index (χ2n) is 3.87. The SMILES string of the molecule is CC(CC(=O)O)c1cnc2c(c1)CSC2. The maximum atomic E-state index is 10.6. The molecule has 3 nitrogen and oxygen atoms in total. The first-order valence-corrected chi connectivity index (χ1v) is 6.09. The number of fused-ring (bicyclic) bond motifs is 1. The van der Waals surface area contributed by atoms with Crippen LogP contribution in [-0.2, 0) is 16.3 Å². The first-order chi connectivity index (χ1) is 7.16.